The first-order valence-corrected chi connectivity index (χ1v) is 10.9. The molecule has 1 aliphatic rings. The van der Waals surface area contributed by atoms with Crippen molar-refractivity contribution in [3.63, 3.8) is 0 Å². The molecule has 1 unspecified atom stereocenters. The number of nitrogens with one attached hydrogen (secondary N) is 1. The van der Waals surface area contributed by atoms with Crippen LogP contribution in [0.5, 0.6) is 11.5 Å². The van der Waals surface area contributed by atoms with E-state index in [0.29, 0.717) is 17.1 Å². The molecular formula is C27H20N2O6. The number of fused-ring (bicyclic) bond motifs is 3. The molecule has 4 aromatic carbocycles. The lowest BCUT2D eigenvalue weighted by atomic mass is 9.82. The van der Waals surface area contributed by atoms with E-state index in [-0.39, 0.29) is 17.7 Å². The number of nitro groups is 1. The first-order valence-electron chi connectivity index (χ1n) is 10.9. The molecule has 0 aliphatic carbocycles. The molecule has 1 amide bonds. The molecule has 0 saturated carbocycles. The van der Waals surface area contributed by atoms with Gasteiger partial charge in [-0.2, -0.15) is 0 Å². The van der Waals surface area contributed by atoms with Crippen LogP contribution in [-0.4, -0.2) is 23.9 Å². The second-order valence-electron chi connectivity index (χ2n) is 8.24. The van der Waals surface area contributed by atoms with Gasteiger partial charge >= 0.3 is 5.97 Å². The Balaban J connectivity index is 1.63. The van der Waals surface area contributed by atoms with Gasteiger partial charge in [-0.05, 0) is 46.7 Å². The molecule has 8 nitrogen and oxygen atoms in total. The third-order valence-corrected chi connectivity index (χ3v) is 6.16. The van der Waals surface area contributed by atoms with Crippen LogP contribution in [0.3, 0.4) is 0 Å². The molecule has 0 radical (unpaired) electrons. The van der Waals surface area contributed by atoms with Gasteiger partial charge in [0.05, 0.1) is 12.0 Å². The highest BCUT2D eigenvalue weighted by Crippen LogP contribution is 2.45. The molecule has 5 rings (SSSR count). The smallest absolute Gasteiger partial charge is 0.342 e. The van der Waals surface area contributed by atoms with E-state index in [1.807, 2.05) is 42.5 Å². The average molecular weight is 468 g/mol. The summed E-state index contributed by atoms with van der Waals surface area (Å²) in [5.74, 6) is -0.107. The van der Waals surface area contributed by atoms with E-state index in [2.05, 4.69) is 5.32 Å². The zero-order chi connectivity index (χ0) is 24.6. The van der Waals surface area contributed by atoms with E-state index in [0.717, 1.165) is 16.3 Å². The van der Waals surface area contributed by atoms with Gasteiger partial charge in [0.15, 0.2) is 5.54 Å². The molecule has 174 valence electrons. The lowest BCUT2D eigenvalue weighted by Gasteiger charge is -2.28. The average Bonchev–Trinajstić information content (AvgIpc) is 3.15. The van der Waals surface area contributed by atoms with Crippen LogP contribution in [0.2, 0.25) is 0 Å². The van der Waals surface area contributed by atoms with Gasteiger partial charge in [0.25, 0.3) is 11.6 Å². The van der Waals surface area contributed by atoms with Crippen molar-refractivity contribution in [2.45, 2.75) is 12.0 Å². The predicted molar refractivity (Wildman–Crippen MR) is 129 cm³/mol. The number of esters is 1. The second-order valence-corrected chi connectivity index (χ2v) is 8.24. The molecule has 0 bridgehead atoms. The van der Waals surface area contributed by atoms with Crippen molar-refractivity contribution in [1.82, 2.24) is 5.32 Å². The van der Waals surface area contributed by atoms with Crippen LogP contribution in [0.15, 0.2) is 84.9 Å². The number of hydrogen-bond donors (Lipinski definition) is 1. The standard InChI is InChI=1S/C27H20N2O6/c1-34-21-13-6-17(7-14-21)16-27(28-25(30)19-8-11-20(12-9-19)29(32)33)24-22-5-3-2-4-18(22)10-15-23(24)35-26(27)31/h2-15H,16H2,1H3,(H,28,30). The van der Waals surface area contributed by atoms with Gasteiger partial charge in [-0.15, -0.1) is 0 Å². The maximum Gasteiger partial charge on any atom is 0.342 e. The molecule has 1 heterocycles. The predicted octanol–water partition coefficient (Wildman–Crippen LogP) is 4.54. The highest BCUT2D eigenvalue weighted by molar-refractivity contribution is 6.05. The van der Waals surface area contributed by atoms with E-state index in [1.54, 1.807) is 25.3 Å². The Morgan fingerprint density at radius 1 is 1.00 bits per heavy atom. The number of amides is 1. The Kier molecular flexibility index (Phi) is 5.41. The van der Waals surface area contributed by atoms with Crippen molar-refractivity contribution >= 4 is 28.3 Å². The molecule has 0 fully saturated rings. The first-order chi connectivity index (χ1) is 16.9. The maximum atomic E-state index is 13.5. The molecule has 0 saturated heterocycles. The van der Waals surface area contributed by atoms with Crippen molar-refractivity contribution in [2.75, 3.05) is 7.11 Å². The van der Waals surface area contributed by atoms with E-state index in [9.17, 15) is 19.7 Å². The number of non-ortho nitro benzene ring substituents is 1. The Bertz CT molecular complexity index is 1460. The number of carbonyl (C=O) groups excluding carboxylic acids is 2. The maximum absolute atomic E-state index is 13.5. The largest absolute Gasteiger partial charge is 0.497 e. The summed E-state index contributed by atoms with van der Waals surface area (Å²) in [5.41, 5.74) is -0.0968. The van der Waals surface area contributed by atoms with Gasteiger partial charge < -0.3 is 14.8 Å². The zero-order valence-corrected chi connectivity index (χ0v) is 18.7. The van der Waals surface area contributed by atoms with Crippen LogP contribution in [0.1, 0.15) is 21.5 Å². The fourth-order valence-electron chi connectivity index (χ4n) is 4.43. The van der Waals surface area contributed by atoms with E-state index in [4.69, 9.17) is 9.47 Å². The number of methoxy groups -OCH3 is 1. The number of nitro benzene ring substituents is 1. The van der Waals surface area contributed by atoms with Crippen LogP contribution in [0.4, 0.5) is 5.69 Å². The van der Waals surface area contributed by atoms with Crippen molar-refractivity contribution in [2.24, 2.45) is 0 Å². The summed E-state index contributed by atoms with van der Waals surface area (Å²) in [5, 5.41) is 15.6. The third kappa shape index (κ3) is 3.85. The number of benzene rings is 4. The highest BCUT2D eigenvalue weighted by Gasteiger charge is 2.51. The van der Waals surface area contributed by atoms with Gasteiger partial charge in [-0.25, -0.2) is 4.79 Å². The highest BCUT2D eigenvalue weighted by atomic mass is 16.6. The third-order valence-electron chi connectivity index (χ3n) is 6.16. The van der Waals surface area contributed by atoms with Crippen LogP contribution in [0, 0.1) is 10.1 Å². The summed E-state index contributed by atoms with van der Waals surface area (Å²) in [6, 6.07) is 23.6. The lowest BCUT2D eigenvalue weighted by Crippen LogP contribution is -2.52. The molecule has 8 heteroatoms. The van der Waals surface area contributed by atoms with Gasteiger partial charge in [0.1, 0.15) is 11.5 Å². The van der Waals surface area contributed by atoms with Crippen molar-refractivity contribution in [1.29, 1.82) is 0 Å². The first kappa shape index (κ1) is 22.1. The molecule has 0 spiro atoms. The molecule has 1 N–H and O–H groups in total. The summed E-state index contributed by atoms with van der Waals surface area (Å²) in [7, 11) is 1.57. The second kappa shape index (κ2) is 8.57. The SMILES string of the molecule is COc1ccc(CC2(NC(=O)c3ccc([N+](=O)[O-])cc3)C(=O)Oc3ccc4ccccc4c32)cc1. The lowest BCUT2D eigenvalue weighted by molar-refractivity contribution is -0.384. The quantitative estimate of drug-likeness (QED) is 0.193. The summed E-state index contributed by atoms with van der Waals surface area (Å²) in [6.07, 6.45) is 0.134. The minimum absolute atomic E-state index is 0.133. The molecule has 1 aliphatic heterocycles. The summed E-state index contributed by atoms with van der Waals surface area (Å²) < 4.78 is 10.9. The topological polar surface area (TPSA) is 108 Å². The Labute approximate surface area is 200 Å². The Hall–Kier alpha value is -4.72. The monoisotopic (exact) mass is 468 g/mol. The number of hydrogen-bond acceptors (Lipinski definition) is 6. The number of carbonyl (C=O) groups is 2. The zero-order valence-electron chi connectivity index (χ0n) is 18.7. The normalized spacial score (nSPS) is 16.4. The van der Waals surface area contributed by atoms with Crippen LogP contribution < -0.4 is 14.8 Å². The number of ether oxygens (including phenoxy) is 2. The van der Waals surface area contributed by atoms with Gasteiger partial charge in [-0.3, -0.25) is 14.9 Å². The molecule has 0 aromatic heterocycles. The molecular weight excluding hydrogens is 448 g/mol. The van der Waals surface area contributed by atoms with Gasteiger partial charge in [-0.1, -0.05) is 42.5 Å². The minimum atomic E-state index is -1.51. The summed E-state index contributed by atoms with van der Waals surface area (Å²) in [6.45, 7) is 0. The van der Waals surface area contributed by atoms with Crippen molar-refractivity contribution in [3.8, 4) is 11.5 Å². The van der Waals surface area contributed by atoms with Crippen LogP contribution >= 0.6 is 0 Å². The number of rotatable bonds is 6. The number of nitrogens with zero attached hydrogens (tertiary/aromatic N) is 1. The molecule has 35 heavy (non-hydrogen) atoms. The Morgan fingerprint density at radius 2 is 1.71 bits per heavy atom. The Morgan fingerprint density at radius 3 is 2.40 bits per heavy atom. The van der Waals surface area contributed by atoms with Crippen LogP contribution in [0.25, 0.3) is 10.8 Å². The van der Waals surface area contributed by atoms with E-state index in [1.165, 1.54) is 24.3 Å². The molecule has 1 atom stereocenters. The van der Waals surface area contributed by atoms with Crippen molar-refractivity contribution in [3.05, 3.63) is 112 Å². The van der Waals surface area contributed by atoms with E-state index >= 15 is 0 Å². The van der Waals surface area contributed by atoms with Crippen molar-refractivity contribution < 1.29 is 24.0 Å². The fraction of sp³-hybridized carbons (Fsp3) is 0.111. The van der Waals surface area contributed by atoms with Gasteiger partial charge in [0, 0.05) is 29.7 Å². The minimum Gasteiger partial charge on any atom is -0.497 e. The summed E-state index contributed by atoms with van der Waals surface area (Å²) in [4.78, 5) is 37.3. The fourth-order valence-corrected chi connectivity index (χ4v) is 4.43. The summed E-state index contributed by atoms with van der Waals surface area (Å²) >= 11 is 0. The molecule has 4 aromatic rings. The van der Waals surface area contributed by atoms with Gasteiger partial charge in [0.2, 0.25) is 0 Å². The van der Waals surface area contributed by atoms with Crippen LogP contribution in [-0.2, 0) is 16.8 Å². The van der Waals surface area contributed by atoms with E-state index < -0.39 is 22.3 Å².